The first-order chi connectivity index (χ1) is 11.1. The third kappa shape index (κ3) is 2.10. The van der Waals surface area contributed by atoms with Gasteiger partial charge in [-0.2, -0.15) is 5.10 Å². The summed E-state index contributed by atoms with van der Waals surface area (Å²) in [6.07, 6.45) is 0. The van der Waals surface area contributed by atoms with Crippen LogP contribution < -0.4 is 0 Å². The van der Waals surface area contributed by atoms with Gasteiger partial charge in [0, 0.05) is 12.1 Å². The minimum Gasteiger partial charge on any atom is -0.258 e. The third-order valence-electron chi connectivity index (χ3n) is 3.63. The highest BCUT2D eigenvalue weighted by Gasteiger charge is 2.15. The summed E-state index contributed by atoms with van der Waals surface area (Å²) in [5.41, 5.74) is 3.98. The monoisotopic (exact) mass is 305 g/mol. The minimum absolute atomic E-state index is 0.000690. The zero-order valence-corrected chi connectivity index (χ0v) is 12.2. The molecule has 0 saturated heterocycles. The summed E-state index contributed by atoms with van der Waals surface area (Å²) in [6.45, 7) is 1.85. The first-order valence-electron chi connectivity index (χ1n) is 7.00. The summed E-state index contributed by atoms with van der Waals surface area (Å²) in [7, 11) is 0. The van der Waals surface area contributed by atoms with Gasteiger partial charge in [-0.05, 0) is 25.1 Å². The lowest BCUT2D eigenvalue weighted by Gasteiger charge is -2.03. The normalized spacial score (nSPS) is 11.2. The van der Waals surface area contributed by atoms with E-state index < -0.39 is 4.92 Å². The van der Waals surface area contributed by atoms with Crippen molar-refractivity contribution in [3.05, 3.63) is 64.3 Å². The molecule has 2 aromatic carbocycles. The lowest BCUT2D eigenvalue weighted by Crippen LogP contribution is -1.98. The van der Waals surface area contributed by atoms with Gasteiger partial charge in [0.05, 0.1) is 27.3 Å². The molecular weight excluding hydrogens is 294 g/mol. The molecule has 0 aliphatic carbocycles. The molecule has 0 bridgehead atoms. The zero-order chi connectivity index (χ0) is 16.0. The molecule has 4 rings (SSSR count). The number of rotatable bonds is 2. The van der Waals surface area contributed by atoms with E-state index in [1.54, 1.807) is 10.7 Å². The highest BCUT2D eigenvalue weighted by atomic mass is 16.6. The van der Waals surface area contributed by atoms with Crippen LogP contribution in [-0.4, -0.2) is 24.7 Å². The van der Waals surface area contributed by atoms with Gasteiger partial charge in [0.2, 0.25) is 0 Å². The molecule has 0 aliphatic rings. The number of nitro groups is 1. The number of nitrogens with zero attached hydrogens (tertiary/aromatic N) is 5. The van der Waals surface area contributed by atoms with E-state index in [0.29, 0.717) is 22.2 Å². The molecule has 112 valence electrons. The van der Waals surface area contributed by atoms with Crippen LogP contribution in [0, 0.1) is 17.0 Å². The maximum Gasteiger partial charge on any atom is 0.271 e. The molecule has 0 saturated carbocycles. The van der Waals surface area contributed by atoms with Crippen LogP contribution in [-0.2, 0) is 0 Å². The molecule has 0 radical (unpaired) electrons. The van der Waals surface area contributed by atoms with Gasteiger partial charge in [-0.1, -0.05) is 18.2 Å². The van der Waals surface area contributed by atoms with Crippen LogP contribution in [0.15, 0.2) is 48.5 Å². The zero-order valence-electron chi connectivity index (χ0n) is 12.2. The molecule has 0 aliphatic heterocycles. The molecule has 0 fully saturated rings. The number of fused-ring (bicyclic) bond motifs is 2. The summed E-state index contributed by atoms with van der Waals surface area (Å²) < 4.78 is 1.73. The van der Waals surface area contributed by atoms with Crippen LogP contribution in [0.2, 0.25) is 0 Å². The van der Waals surface area contributed by atoms with E-state index in [1.165, 1.54) is 12.1 Å². The van der Waals surface area contributed by atoms with E-state index in [-0.39, 0.29) is 5.69 Å². The van der Waals surface area contributed by atoms with Gasteiger partial charge in [0.1, 0.15) is 5.52 Å². The molecule has 0 atom stereocenters. The second kappa shape index (κ2) is 4.84. The molecule has 0 N–H and O–H groups in total. The Morgan fingerprint density at radius 1 is 1.04 bits per heavy atom. The van der Waals surface area contributed by atoms with Crippen molar-refractivity contribution in [2.75, 3.05) is 0 Å². The van der Waals surface area contributed by atoms with Gasteiger partial charge in [-0.3, -0.25) is 10.1 Å². The Hall–Kier alpha value is -3.35. The standard InChI is InChI=1S/C16H11N5O2/c1-10-15-16(20(19-10)11-5-3-2-4-6-11)18-13-8-7-12(21(22)23)9-14(13)17-15/h2-9H,1H3. The van der Waals surface area contributed by atoms with Gasteiger partial charge in [-0.15, -0.1) is 0 Å². The fraction of sp³-hybridized carbons (Fsp3) is 0.0625. The summed E-state index contributed by atoms with van der Waals surface area (Å²) in [4.78, 5) is 19.6. The quantitative estimate of drug-likeness (QED) is 0.419. The molecule has 2 aromatic heterocycles. The fourth-order valence-corrected chi connectivity index (χ4v) is 2.53. The van der Waals surface area contributed by atoms with Crippen molar-refractivity contribution in [3.8, 4) is 5.69 Å². The minimum atomic E-state index is -0.439. The van der Waals surface area contributed by atoms with Gasteiger partial charge in [0.15, 0.2) is 5.65 Å². The van der Waals surface area contributed by atoms with Crippen molar-refractivity contribution in [1.82, 2.24) is 19.7 Å². The highest BCUT2D eigenvalue weighted by Crippen LogP contribution is 2.24. The largest absolute Gasteiger partial charge is 0.271 e. The van der Waals surface area contributed by atoms with Crippen LogP contribution in [0.3, 0.4) is 0 Å². The summed E-state index contributed by atoms with van der Waals surface area (Å²) in [6, 6.07) is 14.1. The molecule has 7 heteroatoms. The van der Waals surface area contributed by atoms with Crippen molar-refractivity contribution < 1.29 is 4.92 Å². The predicted octanol–water partition coefficient (Wildman–Crippen LogP) is 3.19. The van der Waals surface area contributed by atoms with Crippen molar-refractivity contribution in [2.45, 2.75) is 6.92 Å². The van der Waals surface area contributed by atoms with Crippen molar-refractivity contribution in [2.24, 2.45) is 0 Å². The number of hydrogen-bond donors (Lipinski definition) is 0. The van der Waals surface area contributed by atoms with E-state index >= 15 is 0 Å². The van der Waals surface area contributed by atoms with E-state index in [2.05, 4.69) is 15.1 Å². The van der Waals surface area contributed by atoms with Crippen LogP contribution in [0.5, 0.6) is 0 Å². The summed E-state index contributed by atoms with van der Waals surface area (Å²) in [5.74, 6) is 0. The second-order valence-electron chi connectivity index (χ2n) is 5.16. The number of non-ortho nitro benzene ring substituents is 1. The first kappa shape index (κ1) is 13.3. The van der Waals surface area contributed by atoms with Crippen LogP contribution in [0.1, 0.15) is 5.69 Å². The van der Waals surface area contributed by atoms with Crippen LogP contribution >= 0.6 is 0 Å². The maximum atomic E-state index is 10.9. The Balaban J connectivity index is 2.02. The molecule has 0 spiro atoms. The predicted molar refractivity (Wildman–Crippen MR) is 85.6 cm³/mol. The Labute approximate surface area is 130 Å². The smallest absolute Gasteiger partial charge is 0.258 e. The Bertz CT molecular complexity index is 1060. The molecule has 0 amide bonds. The average Bonchev–Trinajstić information content (AvgIpc) is 2.89. The molecular formula is C16H11N5O2. The van der Waals surface area contributed by atoms with Crippen LogP contribution in [0.4, 0.5) is 5.69 Å². The molecule has 4 aromatic rings. The number of benzene rings is 2. The Morgan fingerprint density at radius 3 is 2.57 bits per heavy atom. The number of hydrogen-bond acceptors (Lipinski definition) is 5. The summed E-state index contributed by atoms with van der Waals surface area (Å²) in [5, 5.41) is 15.4. The van der Waals surface area contributed by atoms with Gasteiger partial charge in [0.25, 0.3) is 5.69 Å². The molecule has 7 nitrogen and oxygen atoms in total. The SMILES string of the molecule is Cc1nn(-c2ccccc2)c2nc3ccc([N+](=O)[O-])cc3nc12. The average molecular weight is 305 g/mol. The van der Waals surface area contributed by atoms with Gasteiger partial charge < -0.3 is 0 Å². The van der Waals surface area contributed by atoms with E-state index in [9.17, 15) is 10.1 Å². The Morgan fingerprint density at radius 2 is 1.83 bits per heavy atom. The molecule has 0 unspecified atom stereocenters. The second-order valence-corrected chi connectivity index (χ2v) is 5.16. The first-order valence-corrected chi connectivity index (χ1v) is 7.00. The Kier molecular flexibility index (Phi) is 2.80. The lowest BCUT2D eigenvalue weighted by molar-refractivity contribution is -0.384. The fourth-order valence-electron chi connectivity index (χ4n) is 2.53. The maximum absolute atomic E-state index is 10.9. The molecule has 2 heterocycles. The number of aromatic nitrogens is 4. The number of aryl methyl sites for hydroxylation is 1. The van der Waals surface area contributed by atoms with E-state index in [1.807, 2.05) is 37.3 Å². The van der Waals surface area contributed by atoms with Crippen molar-refractivity contribution in [3.63, 3.8) is 0 Å². The van der Waals surface area contributed by atoms with Gasteiger partial charge >= 0.3 is 0 Å². The van der Waals surface area contributed by atoms with Crippen molar-refractivity contribution in [1.29, 1.82) is 0 Å². The van der Waals surface area contributed by atoms with Crippen molar-refractivity contribution >= 4 is 27.9 Å². The molecule has 23 heavy (non-hydrogen) atoms. The number of para-hydroxylation sites is 1. The van der Waals surface area contributed by atoms with Crippen LogP contribution in [0.25, 0.3) is 27.9 Å². The van der Waals surface area contributed by atoms with E-state index in [4.69, 9.17) is 0 Å². The third-order valence-corrected chi connectivity index (χ3v) is 3.63. The number of nitro benzene ring substituents is 1. The summed E-state index contributed by atoms with van der Waals surface area (Å²) >= 11 is 0. The van der Waals surface area contributed by atoms with E-state index in [0.717, 1.165) is 11.4 Å². The van der Waals surface area contributed by atoms with Gasteiger partial charge in [-0.25, -0.2) is 14.6 Å². The topological polar surface area (TPSA) is 86.7 Å². The lowest BCUT2D eigenvalue weighted by atomic mass is 10.2. The highest BCUT2D eigenvalue weighted by molar-refractivity contribution is 5.87.